The molecule has 0 saturated carbocycles. The largest absolute Gasteiger partial charge is 0.398 e. The van der Waals surface area contributed by atoms with Gasteiger partial charge in [-0.15, -0.1) is 0 Å². The van der Waals surface area contributed by atoms with E-state index < -0.39 is 23.8 Å². The molecule has 1 unspecified atom stereocenters. The normalized spacial score (nSPS) is 18.7. The van der Waals surface area contributed by atoms with Crippen LogP contribution in [0.15, 0.2) is 18.2 Å². The quantitative estimate of drug-likeness (QED) is 0.427. The topological polar surface area (TPSA) is 119 Å². The highest BCUT2D eigenvalue weighted by Crippen LogP contribution is 2.31. The van der Waals surface area contributed by atoms with Gasteiger partial charge in [-0.1, -0.05) is 6.07 Å². The van der Waals surface area contributed by atoms with Crippen molar-refractivity contribution in [1.82, 2.24) is 9.80 Å². The fourth-order valence-electron chi connectivity index (χ4n) is 3.16. The molecule has 1 atom stereocenters. The summed E-state index contributed by atoms with van der Waals surface area (Å²) in [5.74, 6) is -1.97. The molecular formula is C20H27N3O6. The molecule has 9 nitrogen and oxygen atoms in total. The number of nitrogen functional groups attached to an aromatic ring is 1. The number of piperidine rings is 1. The molecule has 4 amide bonds. The average molecular weight is 405 g/mol. The van der Waals surface area contributed by atoms with Crippen molar-refractivity contribution >= 4 is 29.3 Å². The summed E-state index contributed by atoms with van der Waals surface area (Å²) < 4.78 is 10.0. The lowest BCUT2D eigenvalue weighted by Gasteiger charge is -2.32. The van der Waals surface area contributed by atoms with Crippen LogP contribution in [0.2, 0.25) is 0 Å². The van der Waals surface area contributed by atoms with Crippen molar-refractivity contribution in [2.45, 2.75) is 32.7 Å². The van der Waals surface area contributed by atoms with Gasteiger partial charge in [0.1, 0.15) is 6.04 Å². The molecule has 1 aromatic carbocycles. The first-order valence-corrected chi connectivity index (χ1v) is 9.57. The first-order chi connectivity index (χ1) is 13.8. The third-order valence-electron chi connectivity index (χ3n) is 4.69. The maximum atomic E-state index is 12.4. The van der Waals surface area contributed by atoms with E-state index >= 15 is 0 Å². The maximum absolute atomic E-state index is 12.4. The molecule has 0 bridgehead atoms. The second kappa shape index (κ2) is 10.1. The Labute approximate surface area is 169 Å². The fourth-order valence-corrected chi connectivity index (χ4v) is 3.16. The number of nitrogens with zero attached hydrogens (tertiary/aromatic N) is 2. The molecule has 1 saturated heterocycles. The van der Waals surface area contributed by atoms with Crippen molar-refractivity contribution in [1.29, 1.82) is 0 Å². The van der Waals surface area contributed by atoms with Crippen molar-refractivity contribution in [2.75, 3.05) is 39.2 Å². The minimum absolute atomic E-state index is 0.121. The summed E-state index contributed by atoms with van der Waals surface area (Å²) in [5, 5.41) is 0. The van der Waals surface area contributed by atoms with Gasteiger partial charge in [-0.05, 0) is 32.4 Å². The van der Waals surface area contributed by atoms with Gasteiger partial charge < -0.3 is 15.2 Å². The minimum Gasteiger partial charge on any atom is -0.398 e. The van der Waals surface area contributed by atoms with E-state index in [1.165, 1.54) is 19.2 Å². The smallest absolute Gasteiger partial charge is 0.264 e. The molecule has 2 aliphatic rings. The fraction of sp³-hybridized carbons (Fsp3) is 0.500. The van der Waals surface area contributed by atoms with Gasteiger partial charge in [0.25, 0.3) is 17.7 Å². The van der Waals surface area contributed by atoms with Crippen LogP contribution in [0.4, 0.5) is 5.69 Å². The number of amides is 4. The van der Waals surface area contributed by atoms with Crippen LogP contribution in [0.5, 0.6) is 0 Å². The Bertz CT molecular complexity index is 788. The van der Waals surface area contributed by atoms with Gasteiger partial charge in [0.2, 0.25) is 5.91 Å². The van der Waals surface area contributed by atoms with E-state index in [4.69, 9.17) is 15.2 Å². The second-order valence-electron chi connectivity index (χ2n) is 6.49. The van der Waals surface area contributed by atoms with E-state index in [1.807, 2.05) is 13.8 Å². The summed E-state index contributed by atoms with van der Waals surface area (Å²) in [6.07, 6.45) is 0.267. The predicted molar refractivity (Wildman–Crippen MR) is 105 cm³/mol. The minimum atomic E-state index is -0.945. The van der Waals surface area contributed by atoms with Crippen LogP contribution in [0.25, 0.3) is 0 Å². The number of likely N-dealkylation sites (tertiary alicyclic amines) is 1. The standard InChI is InChI=1S/C14H13N3O4.C6H14O2/c1-16-10(18)6-5-9(13(16)20)17-12(19)7-3-2-4-8(15)11(7)14(17)21;1-3-7-5-6-8-4-2/h2-4,9H,5-6,15H2,1H3;3-6H2,1-2H3. The summed E-state index contributed by atoms with van der Waals surface area (Å²) >= 11 is 0. The monoisotopic (exact) mass is 405 g/mol. The lowest BCUT2D eigenvalue weighted by molar-refractivity contribution is -0.149. The van der Waals surface area contributed by atoms with E-state index in [9.17, 15) is 19.2 Å². The van der Waals surface area contributed by atoms with Crippen LogP contribution in [-0.2, 0) is 19.1 Å². The Morgan fingerprint density at radius 1 is 1.03 bits per heavy atom. The lowest BCUT2D eigenvalue weighted by atomic mass is 10.0. The first kappa shape index (κ1) is 22.5. The van der Waals surface area contributed by atoms with Gasteiger partial charge in [-0.25, -0.2) is 0 Å². The molecule has 2 aliphatic heterocycles. The molecule has 1 fully saturated rings. The summed E-state index contributed by atoms with van der Waals surface area (Å²) in [6, 6.07) is 3.68. The van der Waals surface area contributed by atoms with Crippen molar-refractivity contribution in [2.24, 2.45) is 0 Å². The second-order valence-corrected chi connectivity index (χ2v) is 6.49. The van der Waals surface area contributed by atoms with Gasteiger partial charge in [-0.3, -0.25) is 29.0 Å². The van der Waals surface area contributed by atoms with Gasteiger partial charge in [0.05, 0.1) is 24.3 Å². The zero-order valence-electron chi connectivity index (χ0n) is 17.0. The van der Waals surface area contributed by atoms with Crippen molar-refractivity contribution in [3.8, 4) is 0 Å². The van der Waals surface area contributed by atoms with Crippen LogP contribution in [-0.4, -0.2) is 72.9 Å². The number of benzene rings is 1. The number of nitrogens with two attached hydrogens (primary N) is 1. The molecule has 1 aromatic rings. The third-order valence-corrected chi connectivity index (χ3v) is 4.69. The van der Waals surface area contributed by atoms with E-state index in [1.54, 1.807) is 6.07 Å². The number of carbonyl (C=O) groups is 4. The zero-order chi connectivity index (χ0) is 21.6. The number of fused-ring (bicyclic) bond motifs is 1. The summed E-state index contributed by atoms with van der Waals surface area (Å²) in [7, 11) is 1.35. The number of imide groups is 2. The Balaban J connectivity index is 0.000000321. The van der Waals surface area contributed by atoms with E-state index in [2.05, 4.69) is 0 Å². The Hall–Kier alpha value is -2.78. The third kappa shape index (κ3) is 4.80. The molecule has 0 spiro atoms. The Morgan fingerprint density at radius 2 is 1.66 bits per heavy atom. The lowest BCUT2D eigenvalue weighted by Crippen LogP contribution is -2.54. The van der Waals surface area contributed by atoms with E-state index in [0.717, 1.165) is 36.2 Å². The van der Waals surface area contributed by atoms with Crippen molar-refractivity contribution in [3.63, 3.8) is 0 Å². The molecule has 3 rings (SSSR count). The van der Waals surface area contributed by atoms with Crippen LogP contribution in [0.3, 0.4) is 0 Å². The summed E-state index contributed by atoms with van der Waals surface area (Å²) in [5.41, 5.74) is 6.30. The van der Waals surface area contributed by atoms with Gasteiger partial charge in [-0.2, -0.15) is 0 Å². The van der Waals surface area contributed by atoms with Crippen molar-refractivity contribution in [3.05, 3.63) is 29.3 Å². The van der Waals surface area contributed by atoms with Gasteiger partial charge in [0.15, 0.2) is 0 Å². The van der Waals surface area contributed by atoms with Crippen LogP contribution < -0.4 is 5.73 Å². The number of hydrogen-bond donors (Lipinski definition) is 1. The Morgan fingerprint density at radius 3 is 2.21 bits per heavy atom. The van der Waals surface area contributed by atoms with E-state index in [-0.39, 0.29) is 35.6 Å². The maximum Gasteiger partial charge on any atom is 0.264 e. The molecule has 0 aromatic heterocycles. The number of hydrogen-bond acceptors (Lipinski definition) is 7. The average Bonchev–Trinajstić information content (AvgIpc) is 2.96. The number of ether oxygens (including phenoxy) is 2. The predicted octanol–water partition coefficient (Wildman–Crippen LogP) is 1.07. The summed E-state index contributed by atoms with van der Waals surface area (Å²) in [4.78, 5) is 50.4. The molecule has 158 valence electrons. The molecular weight excluding hydrogens is 378 g/mol. The highest BCUT2D eigenvalue weighted by molar-refractivity contribution is 6.25. The van der Waals surface area contributed by atoms with Crippen molar-refractivity contribution < 1.29 is 28.7 Å². The number of likely N-dealkylation sites (N-methyl/N-ethyl adjacent to an activating group) is 1. The number of anilines is 1. The molecule has 29 heavy (non-hydrogen) atoms. The molecule has 0 aliphatic carbocycles. The number of rotatable bonds is 6. The summed E-state index contributed by atoms with van der Waals surface area (Å²) in [6.45, 7) is 6.98. The highest BCUT2D eigenvalue weighted by atomic mass is 16.5. The first-order valence-electron chi connectivity index (χ1n) is 9.57. The molecule has 2 heterocycles. The SMILES string of the molecule is CCOCCOCC.CN1C(=O)CCC(N2C(=O)c3cccc(N)c3C2=O)C1=O. The van der Waals surface area contributed by atoms with Gasteiger partial charge >= 0.3 is 0 Å². The highest BCUT2D eigenvalue weighted by Gasteiger charge is 2.46. The molecule has 9 heteroatoms. The number of carbonyl (C=O) groups excluding carboxylic acids is 4. The zero-order valence-corrected chi connectivity index (χ0v) is 17.0. The molecule has 2 N–H and O–H groups in total. The van der Waals surface area contributed by atoms with Crippen LogP contribution >= 0.6 is 0 Å². The Kier molecular flexibility index (Phi) is 7.86. The molecule has 0 radical (unpaired) electrons. The van der Waals surface area contributed by atoms with Gasteiger partial charge in [0, 0.05) is 32.4 Å². The van der Waals surface area contributed by atoms with E-state index in [0.29, 0.717) is 0 Å². The van der Waals surface area contributed by atoms with Crippen LogP contribution in [0, 0.1) is 0 Å². The van der Waals surface area contributed by atoms with Crippen LogP contribution in [0.1, 0.15) is 47.4 Å².